The molecule has 0 bridgehead atoms. The molecule has 19 heavy (non-hydrogen) atoms. The summed E-state index contributed by atoms with van der Waals surface area (Å²) in [6.45, 7) is 0. The van der Waals surface area contributed by atoms with Gasteiger partial charge in [0, 0.05) is 36.5 Å². The number of hydrogen-bond donors (Lipinski definition) is 1. The van der Waals surface area contributed by atoms with Crippen molar-refractivity contribution < 1.29 is 19.1 Å². The predicted octanol–water partition coefficient (Wildman–Crippen LogP) is 2.15. The van der Waals surface area contributed by atoms with E-state index in [1.165, 1.54) is 12.1 Å². The molecule has 4 nitrogen and oxygen atoms in total. The standard InChI is InChI=1S/C14H12FNO3/c1-16-10-6-8(15)2-3-9(10)13-11(16)4-7(14(18)19)5-12(13)17/h2-3,6-7H,4-5H2,1H3,(H,18,19). The van der Waals surface area contributed by atoms with Gasteiger partial charge in [0.2, 0.25) is 0 Å². The van der Waals surface area contributed by atoms with Crippen molar-refractivity contribution in [3.8, 4) is 0 Å². The van der Waals surface area contributed by atoms with Crippen LogP contribution in [-0.4, -0.2) is 21.4 Å². The number of carboxylic acid groups (broad SMARTS) is 1. The van der Waals surface area contributed by atoms with Crippen LogP contribution in [0.1, 0.15) is 22.5 Å². The van der Waals surface area contributed by atoms with Crippen molar-refractivity contribution in [2.45, 2.75) is 12.8 Å². The van der Waals surface area contributed by atoms with Crippen LogP contribution >= 0.6 is 0 Å². The third-order valence-corrected chi connectivity index (χ3v) is 3.78. The zero-order valence-corrected chi connectivity index (χ0v) is 10.3. The van der Waals surface area contributed by atoms with Gasteiger partial charge in [-0.1, -0.05) is 0 Å². The maximum Gasteiger partial charge on any atom is 0.307 e. The molecule has 5 heteroatoms. The molecular weight excluding hydrogens is 249 g/mol. The quantitative estimate of drug-likeness (QED) is 0.855. The number of ketones is 1. The van der Waals surface area contributed by atoms with Crippen LogP contribution in [0, 0.1) is 11.7 Å². The van der Waals surface area contributed by atoms with E-state index in [1.807, 2.05) is 0 Å². The van der Waals surface area contributed by atoms with E-state index in [4.69, 9.17) is 5.11 Å². The molecule has 0 spiro atoms. The SMILES string of the molecule is Cn1c2c(c3ccc(F)cc31)C(=O)CC(C(=O)O)C2. The lowest BCUT2D eigenvalue weighted by Crippen LogP contribution is -2.27. The van der Waals surface area contributed by atoms with Gasteiger partial charge >= 0.3 is 5.97 Å². The Morgan fingerprint density at radius 3 is 2.84 bits per heavy atom. The minimum Gasteiger partial charge on any atom is -0.481 e. The van der Waals surface area contributed by atoms with Crippen molar-refractivity contribution in [3.05, 3.63) is 35.3 Å². The molecule has 0 saturated heterocycles. The molecule has 2 aromatic rings. The number of Topliss-reactive ketones (excluding diaryl/α,β-unsaturated/α-hetero) is 1. The fourth-order valence-corrected chi connectivity index (χ4v) is 2.82. The highest BCUT2D eigenvalue weighted by Gasteiger charge is 2.33. The van der Waals surface area contributed by atoms with E-state index in [0.29, 0.717) is 28.6 Å². The Morgan fingerprint density at radius 1 is 1.42 bits per heavy atom. The third kappa shape index (κ3) is 1.65. The van der Waals surface area contributed by atoms with Gasteiger partial charge in [-0.2, -0.15) is 0 Å². The van der Waals surface area contributed by atoms with E-state index < -0.39 is 11.9 Å². The first-order valence-corrected chi connectivity index (χ1v) is 6.02. The third-order valence-electron chi connectivity index (χ3n) is 3.78. The Hall–Kier alpha value is -2.17. The topological polar surface area (TPSA) is 59.3 Å². The number of carbonyl (C=O) groups excluding carboxylic acids is 1. The normalized spacial score (nSPS) is 18.6. The van der Waals surface area contributed by atoms with Gasteiger partial charge in [-0.05, 0) is 18.2 Å². The summed E-state index contributed by atoms with van der Waals surface area (Å²) in [6, 6.07) is 4.28. The van der Waals surface area contributed by atoms with Crippen molar-refractivity contribution in [2.75, 3.05) is 0 Å². The molecule has 0 radical (unpaired) electrons. The summed E-state index contributed by atoms with van der Waals surface area (Å²) in [7, 11) is 1.73. The Labute approximate surface area is 108 Å². The average molecular weight is 261 g/mol. The van der Waals surface area contributed by atoms with E-state index in [9.17, 15) is 14.0 Å². The van der Waals surface area contributed by atoms with Crippen LogP contribution in [0.5, 0.6) is 0 Å². The zero-order chi connectivity index (χ0) is 13.7. The molecule has 1 aromatic carbocycles. The molecule has 3 rings (SSSR count). The number of nitrogens with zero attached hydrogens (tertiary/aromatic N) is 1. The second-order valence-corrected chi connectivity index (χ2v) is 4.91. The van der Waals surface area contributed by atoms with Crippen molar-refractivity contribution in [3.63, 3.8) is 0 Å². The number of fused-ring (bicyclic) bond motifs is 3. The van der Waals surface area contributed by atoms with Gasteiger partial charge in [-0.15, -0.1) is 0 Å². The Kier molecular flexibility index (Phi) is 2.45. The minimum absolute atomic E-state index is 0.0127. The van der Waals surface area contributed by atoms with E-state index >= 15 is 0 Å². The van der Waals surface area contributed by atoms with Crippen LogP contribution < -0.4 is 0 Å². The zero-order valence-electron chi connectivity index (χ0n) is 10.3. The average Bonchev–Trinajstić information content (AvgIpc) is 2.63. The summed E-state index contributed by atoms with van der Waals surface area (Å²) in [4.78, 5) is 23.2. The molecule has 0 fully saturated rings. The number of aliphatic carboxylic acids is 1. The smallest absolute Gasteiger partial charge is 0.307 e. The molecule has 1 aromatic heterocycles. The summed E-state index contributed by atoms with van der Waals surface area (Å²) >= 11 is 0. The van der Waals surface area contributed by atoms with Gasteiger partial charge in [0.05, 0.1) is 11.4 Å². The number of carbonyl (C=O) groups is 2. The van der Waals surface area contributed by atoms with Crippen LogP contribution in [0.4, 0.5) is 4.39 Å². The van der Waals surface area contributed by atoms with Gasteiger partial charge < -0.3 is 9.67 Å². The first kappa shape index (κ1) is 11.9. The number of aryl methyl sites for hydroxylation is 1. The van der Waals surface area contributed by atoms with Gasteiger partial charge in [-0.3, -0.25) is 9.59 Å². The van der Waals surface area contributed by atoms with Crippen LogP contribution in [0.3, 0.4) is 0 Å². The highest BCUT2D eigenvalue weighted by atomic mass is 19.1. The summed E-state index contributed by atoms with van der Waals surface area (Å²) in [5, 5.41) is 9.77. The highest BCUT2D eigenvalue weighted by molar-refractivity contribution is 6.11. The lowest BCUT2D eigenvalue weighted by atomic mass is 9.86. The van der Waals surface area contributed by atoms with Gasteiger partial charge in [-0.25, -0.2) is 4.39 Å². The number of aromatic nitrogens is 1. The lowest BCUT2D eigenvalue weighted by molar-refractivity contribution is -0.141. The number of hydrogen-bond acceptors (Lipinski definition) is 2. The van der Waals surface area contributed by atoms with Crippen LogP contribution in [0.15, 0.2) is 18.2 Å². The molecule has 0 saturated carbocycles. The summed E-state index contributed by atoms with van der Waals surface area (Å²) < 4.78 is 15.0. The summed E-state index contributed by atoms with van der Waals surface area (Å²) in [5.41, 5.74) is 1.86. The molecule has 0 aliphatic heterocycles. The molecular formula is C14H12FNO3. The van der Waals surface area contributed by atoms with Crippen LogP contribution in [0.25, 0.3) is 10.9 Å². The van der Waals surface area contributed by atoms with Crippen LogP contribution in [-0.2, 0) is 18.3 Å². The molecule has 1 unspecified atom stereocenters. The van der Waals surface area contributed by atoms with E-state index in [-0.39, 0.29) is 18.0 Å². The van der Waals surface area contributed by atoms with E-state index in [0.717, 1.165) is 0 Å². The number of benzene rings is 1. The molecule has 1 atom stereocenters. The fraction of sp³-hybridized carbons (Fsp3) is 0.286. The predicted molar refractivity (Wildman–Crippen MR) is 66.7 cm³/mol. The van der Waals surface area contributed by atoms with Crippen LogP contribution in [0.2, 0.25) is 0 Å². The highest BCUT2D eigenvalue weighted by Crippen LogP contribution is 2.34. The molecule has 1 heterocycles. The summed E-state index contributed by atoms with van der Waals surface area (Å²) in [5.74, 6) is -2.19. The maximum absolute atomic E-state index is 13.3. The second-order valence-electron chi connectivity index (χ2n) is 4.91. The molecule has 1 N–H and O–H groups in total. The first-order valence-electron chi connectivity index (χ1n) is 6.02. The fourth-order valence-electron chi connectivity index (χ4n) is 2.82. The Morgan fingerprint density at radius 2 is 2.16 bits per heavy atom. The number of rotatable bonds is 1. The Balaban J connectivity index is 2.27. The van der Waals surface area contributed by atoms with E-state index in [1.54, 1.807) is 17.7 Å². The van der Waals surface area contributed by atoms with E-state index in [2.05, 4.69) is 0 Å². The first-order chi connectivity index (χ1) is 8.99. The monoisotopic (exact) mass is 261 g/mol. The number of carboxylic acids is 1. The largest absolute Gasteiger partial charge is 0.481 e. The molecule has 1 aliphatic carbocycles. The second kappa shape index (κ2) is 3.91. The van der Waals surface area contributed by atoms with Crippen molar-refractivity contribution in [1.82, 2.24) is 4.57 Å². The number of halogens is 1. The lowest BCUT2D eigenvalue weighted by Gasteiger charge is -2.19. The maximum atomic E-state index is 13.3. The minimum atomic E-state index is -0.963. The Bertz CT molecular complexity index is 717. The van der Waals surface area contributed by atoms with Crippen molar-refractivity contribution >= 4 is 22.7 Å². The summed E-state index contributed by atoms with van der Waals surface area (Å²) in [6.07, 6.45) is 0.321. The van der Waals surface area contributed by atoms with Gasteiger partial charge in [0.15, 0.2) is 5.78 Å². The van der Waals surface area contributed by atoms with Crippen molar-refractivity contribution in [2.24, 2.45) is 13.0 Å². The molecule has 1 aliphatic rings. The molecule has 98 valence electrons. The van der Waals surface area contributed by atoms with Crippen molar-refractivity contribution in [1.29, 1.82) is 0 Å². The van der Waals surface area contributed by atoms with Gasteiger partial charge in [0.1, 0.15) is 5.82 Å². The molecule has 0 amide bonds. The van der Waals surface area contributed by atoms with Gasteiger partial charge in [0.25, 0.3) is 0 Å².